The van der Waals surface area contributed by atoms with Gasteiger partial charge in [0, 0.05) is 5.69 Å². The van der Waals surface area contributed by atoms with Crippen LogP contribution in [0.1, 0.15) is 21.5 Å². The van der Waals surface area contributed by atoms with Crippen molar-refractivity contribution in [1.29, 1.82) is 5.26 Å². The summed E-state index contributed by atoms with van der Waals surface area (Å²) in [6.45, 7) is -0.197. The first kappa shape index (κ1) is 14.5. The average molecular weight is 288 g/mol. The zero-order valence-electron chi connectivity index (χ0n) is 10.8. The molecule has 0 radical (unpaired) electrons. The quantitative estimate of drug-likeness (QED) is 0.696. The van der Waals surface area contributed by atoms with E-state index in [-0.39, 0.29) is 23.4 Å². The maximum absolute atomic E-state index is 13.5. The van der Waals surface area contributed by atoms with E-state index in [2.05, 4.69) is 0 Å². The third kappa shape index (κ3) is 3.34. The van der Waals surface area contributed by atoms with Gasteiger partial charge >= 0.3 is 5.97 Å². The van der Waals surface area contributed by atoms with E-state index in [0.717, 1.165) is 12.1 Å². The molecule has 0 saturated carbocycles. The third-order valence-corrected chi connectivity index (χ3v) is 2.73. The number of esters is 1. The number of ether oxygens (including phenoxy) is 1. The first-order valence-corrected chi connectivity index (χ1v) is 5.92. The van der Waals surface area contributed by atoms with Gasteiger partial charge in [-0.1, -0.05) is 6.07 Å². The molecular weight excluding hydrogens is 278 g/mol. The maximum atomic E-state index is 13.5. The zero-order valence-corrected chi connectivity index (χ0v) is 10.8. The van der Waals surface area contributed by atoms with Crippen molar-refractivity contribution in [3.63, 3.8) is 0 Å². The second-order valence-electron chi connectivity index (χ2n) is 4.24. The highest BCUT2D eigenvalue weighted by Gasteiger charge is 2.13. The summed E-state index contributed by atoms with van der Waals surface area (Å²) < 4.78 is 31.6. The minimum Gasteiger partial charge on any atom is -0.457 e. The van der Waals surface area contributed by atoms with Gasteiger partial charge in [0.25, 0.3) is 0 Å². The summed E-state index contributed by atoms with van der Waals surface area (Å²) in [7, 11) is 0. The van der Waals surface area contributed by atoms with Gasteiger partial charge in [-0.05, 0) is 35.9 Å². The predicted octanol–water partition coefficient (Wildman–Crippen LogP) is 2.78. The molecule has 0 unspecified atom stereocenters. The fourth-order valence-electron chi connectivity index (χ4n) is 1.67. The molecule has 0 heterocycles. The molecule has 0 aliphatic carbocycles. The Morgan fingerprint density at radius 1 is 1.19 bits per heavy atom. The molecule has 0 amide bonds. The molecule has 2 aromatic rings. The van der Waals surface area contributed by atoms with Gasteiger partial charge in [-0.2, -0.15) is 5.26 Å². The number of halogens is 2. The fraction of sp³-hybridized carbons (Fsp3) is 0.0667. The van der Waals surface area contributed by atoms with Crippen LogP contribution in [0.25, 0.3) is 0 Å². The van der Waals surface area contributed by atoms with Crippen molar-refractivity contribution in [3.05, 3.63) is 64.7 Å². The molecule has 0 aliphatic heterocycles. The SMILES string of the molecule is N#Cc1cc(COC(=O)c2ccc(N)cc2F)ccc1F. The summed E-state index contributed by atoms with van der Waals surface area (Å²) in [5.41, 5.74) is 5.61. The fourth-order valence-corrected chi connectivity index (χ4v) is 1.67. The van der Waals surface area contributed by atoms with Crippen LogP contribution in [0.2, 0.25) is 0 Å². The molecular formula is C15H10F2N2O2. The molecule has 2 aromatic carbocycles. The third-order valence-electron chi connectivity index (χ3n) is 2.73. The summed E-state index contributed by atoms with van der Waals surface area (Å²) in [6.07, 6.45) is 0. The number of carbonyl (C=O) groups excluding carboxylic acids is 1. The number of nitrogens with zero attached hydrogens (tertiary/aromatic N) is 1. The van der Waals surface area contributed by atoms with E-state index in [4.69, 9.17) is 15.7 Å². The molecule has 0 fully saturated rings. The molecule has 0 aliphatic rings. The molecule has 21 heavy (non-hydrogen) atoms. The number of benzene rings is 2. The Morgan fingerprint density at radius 2 is 1.95 bits per heavy atom. The highest BCUT2D eigenvalue weighted by Crippen LogP contribution is 2.15. The molecule has 0 spiro atoms. The van der Waals surface area contributed by atoms with Crippen LogP contribution in [0.15, 0.2) is 36.4 Å². The molecule has 6 heteroatoms. The van der Waals surface area contributed by atoms with Crippen LogP contribution in [0.5, 0.6) is 0 Å². The van der Waals surface area contributed by atoms with Gasteiger partial charge in [-0.15, -0.1) is 0 Å². The normalized spacial score (nSPS) is 9.95. The zero-order chi connectivity index (χ0) is 15.4. The van der Waals surface area contributed by atoms with Gasteiger partial charge in [0.1, 0.15) is 24.3 Å². The lowest BCUT2D eigenvalue weighted by atomic mass is 10.1. The van der Waals surface area contributed by atoms with E-state index >= 15 is 0 Å². The maximum Gasteiger partial charge on any atom is 0.341 e. The lowest BCUT2D eigenvalue weighted by Crippen LogP contribution is -2.08. The van der Waals surface area contributed by atoms with Gasteiger partial charge < -0.3 is 10.5 Å². The molecule has 0 saturated heterocycles. The first-order valence-electron chi connectivity index (χ1n) is 5.92. The second kappa shape index (κ2) is 6.01. The van der Waals surface area contributed by atoms with E-state index < -0.39 is 17.6 Å². The van der Waals surface area contributed by atoms with Crippen LogP contribution in [0.4, 0.5) is 14.5 Å². The smallest absolute Gasteiger partial charge is 0.341 e. The van der Waals surface area contributed by atoms with Crippen molar-refractivity contribution < 1.29 is 18.3 Å². The van der Waals surface area contributed by atoms with Crippen molar-refractivity contribution in [1.82, 2.24) is 0 Å². The summed E-state index contributed by atoms with van der Waals surface area (Å²) >= 11 is 0. The Balaban J connectivity index is 2.09. The molecule has 4 nitrogen and oxygen atoms in total. The molecule has 0 bridgehead atoms. The van der Waals surface area contributed by atoms with Gasteiger partial charge in [-0.25, -0.2) is 13.6 Å². The van der Waals surface area contributed by atoms with Gasteiger partial charge in [0.05, 0.1) is 11.1 Å². The standard InChI is InChI=1S/C15H10F2N2O2/c16-13-4-1-9(5-10(13)7-18)8-21-15(20)12-3-2-11(19)6-14(12)17/h1-6H,8,19H2. The summed E-state index contributed by atoms with van der Waals surface area (Å²) in [5, 5.41) is 8.70. The van der Waals surface area contributed by atoms with Crippen LogP contribution in [0.3, 0.4) is 0 Å². The Morgan fingerprint density at radius 3 is 2.62 bits per heavy atom. The minimum atomic E-state index is -0.865. The molecule has 0 atom stereocenters. The predicted molar refractivity (Wildman–Crippen MR) is 71.0 cm³/mol. The van der Waals surface area contributed by atoms with Crippen molar-refractivity contribution in [3.8, 4) is 6.07 Å². The lowest BCUT2D eigenvalue weighted by Gasteiger charge is -2.07. The number of hydrogen-bond acceptors (Lipinski definition) is 4. The van der Waals surface area contributed by atoms with Gasteiger partial charge in [0.15, 0.2) is 0 Å². The molecule has 0 aromatic heterocycles. The largest absolute Gasteiger partial charge is 0.457 e. The van der Waals surface area contributed by atoms with Crippen LogP contribution in [0, 0.1) is 23.0 Å². The van der Waals surface area contributed by atoms with E-state index in [1.54, 1.807) is 6.07 Å². The summed E-state index contributed by atoms with van der Waals surface area (Å²) in [5.74, 6) is -2.30. The topological polar surface area (TPSA) is 76.1 Å². The van der Waals surface area contributed by atoms with Crippen molar-refractivity contribution in [2.45, 2.75) is 6.61 Å². The van der Waals surface area contributed by atoms with E-state index in [1.165, 1.54) is 24.3 Å². The Labute approximate surface area is 119 Å². The summed E-state index contributed by atoms with van der Waals surface area (Å²) in [6, 6.07) is 9.04. The highest BCUT2D eigenvalue weighted by atomic mass is 19.1. The van der Waals surface area contributed by atoms with Gasteiger partial charge in [0.2, 0.25) is 0 Å². The first-order chi connectivity index (χ1) is 10.0. The second-order valence-corrected chi connectivity index (χ2v) is 4.24. The Bertz CT molecular complexity index is 739. The van der Waals surface area contributed by atoms with Crippen LogP contribution < -0.4 is 5.73 Å². The van der Waals surface area contributed by atoms with Crippen molar-refractivity contribution in [2.24, 2.45) is 0 Å². The molecule has 2 rings (SSSR count). The van der Waals surface area contributed by atoms with Crippen LogP contribution in [-0.4, -0.2) is 5.97 Å². The number of nitrogen functional groups attached to an aromatic ring is 1. The number of anilines is 1. The Hall–Kier alpha value is -2.94. The number of nitrogens with two attached hydrogens (primary N) is 1. The monoisotopic (exact) mass is 288 g/mol. The lowest BCUT2D eigenvalue weighted by molar-refractivity contribution is 0.0467. The Kier molecular flexibility index (Phi) is 4.14. The number of hydrogen-bond donors (Lipinski definition) is 1. The van der Waals surface area contributed by atoms with Crippen molar-refractivity contribution in [2.75, 3.05) is 5.73 Å². The van der Waals surface area contributed by atoms with Gasteiger partial charge in [-0.3, -0.25) is 0 Å². The highest BCUT2D eigenvalue weighted by molar-refractivity contribution is 5.90. The average Bonchev–Trinajstić information content (AvgIpc) is 2.46. The van der Waals surface area contributed by atoms with Crippen LogP contribution >= 0.6 is 0 Å². The van der Waals surface area contributed by atoms with E-state index in [9.17, 15) is 13.6 Å². The number of carbonyl (C=O) groups is 1. The van der Waals surface area contributed by atoms with Crippen LogP contribution in [-0.2, 0) is 11.3 Å². The van der Waals surface area contributed by atoms with E-state index in [1.807, 2.05) is 0 Å². The number of nitriles is 1. The molecule has 106 valence electrons. The molecule has 2 N–H and O–H groups in total. The minimum absolute atomic E-state index is 0.151. The number of rotatable bonds is 3. The van der Waals surface area contributed by atoms with Crippen molar-refractivity contribution >= 4 is 11.7 Å². The van der Waals surface area contributed by atoms with E-state index in [0.29, 0.717) is 5.56 Å². The summed E-state index contributed by atoms with van der Waals surface area (Å²) in [4.78, 5) is 11.7.